The van der Waals surface area contributed by atoms with Crippen LogP contribution < -0.4 is 0 Å². The summed E-state index contributed by atoms with van der Waals surface area (Å²) in [5.74, 6) is 1.16. The normalized spacial score (nSPS) is 36.0. The predicted octanol–water partition coefficient (Wildman–Crippen LogP) is 0.107. The summed E-state index contributed by atoms with van der Waals surface area (Å²) >= 11 is 1.72. The van der Waals surface area contributed by atoms with Gasteiger partial charge in [0.2, 0.25) is 5.91 Å². The number of rotatable bonds is 1. The molecule has 3 nitrogen and oxygen atoms in total. The first-order chi connectivity index (χ1) is 5.31. The summed E-state index contributed by atoms with van der Waals surface area (Å²) in [5, 5.41) is 0.388. The average molecular weight is 171 g/mol. The van der Waals surface area contributed by atoms with Crippen LogP contribution in [0.1, 0.15) is 6.42 Å². The molecule has 2 saturated heterocycles. The number of hydrogen-bond acceptors (Lipinski definition) is 3. The van der Waals surface area contributed by atoms with Crippen LogP contribution in [0.4, 0.5) is 0 Å². The minimum atomic E-state index is 0.0699. The number of thioether (sulfide) groups is 1. The third-order valence-electron chi connectivity index (χ3n) is 2.14. The Balaban J connectivity index is 1.99. The molecule has 2 fully saturated rings. The van der Waals surface area contributed by atoms with E-state index in [-0.39, 0.29) is 11.8 Å². The van der Waals surface area contributed by atoms with Gasteiger partial charge in [0.1, 0.15) is 6.29 Å². The molecule has 4 heteroatoms. The molecule has 0 radical (unpaired) electrons. The molecule has 2 aliphatic heterocycles. The van der Waals surface area contributed by atoms with Crippen LogP contribution in [-0.4, -0.2) is 34.8 Å². The molecular formula is C7H9NO2S. The standard InChI is InChI=1S/C7H9NO2S/c9-3-5-2-8-6(10)1-7(8)11-4-5/h3,5,7H,1-2,4H2/t5?,7-/m1/s1. The molecule has 0 aliphatic carbocycles. The van der Waals surface area contributed by atoms with Gasteiger partial charge < -0.3 is 9.69 Å². The number of β-lactam (4-membered cyclic amide) rings is 1. The van der Waals surface area contributed by atoms with Crippen LogP contribution in [0, 0.1) is 5.92 Å². The van der Waals surface area contributed by atoms with E-state index in [0.29, 0.717) is 18.3 Å². The molecule has 2 rings (SSSR count). The quantitative estimate of drug-likeness (QED) is 0.415. The molecule has 0 N–H and O–H groups in total. The Kier molecular flexibility index (Phi) is 1.64. The van der Waals surface area contributed by atoms with Crippen LogP contribution in [0.2, 0.25) is 0 Å². The number of carbonyl (C=O) groups excluding carboxylic acids is 2. The van der Waals surface area contributed by atoms with Crippen LogP contribution in [0.3, 0.4) is 0 Å². The fraction of sp³-hybridized carbons (Fsp3) is 0.714. The smallest absolute Gasteiger partial charge is 0.226 e. The lowest BCUT2D eigenvalue weighted by atomic mass is 10.1. The second kappa shape index (κ2) is 2.52. The van der Waals surface area contributed by atoms with Crippen molar-refractivity contribution in [2.45, 2.75) is 11.8 Å². The van der Waals surface area contributed by atoms with Gasteiger partial charge in [0.15, 0.2) is 0 Å². The number of nitrogens with zero attached hydrogens (tertiary/aromatic N) is 1. The lowest BCUT2D eigenvalue weighted by Crippen LogP contribution is -2.55. The first-order valence-electron chi connectivity index (χ1n) is 3.67. The first kappa shape index (κ1) is 7.16. The summed E-state index contributed by atoms with van der Waals surface area (Å²) in [6.07, 6.45) is 1.63. The molecule has 0 saturated carbocycles. The van der Waals surface area contributed by atoms with Crippen molar-refractivity contribution in [3.05, 3.63) is 0 Å². The Morgan fingerprint density at radius 3 is 3.09 bits per heavy atom. The minimum Gasteiger partial charge on any atom is -0.329 e. The van der Waals surface area contributed by atoms with Gasteiger partial charge in [-0.15, -0.1) is 11.8 Å². The summed E-state index contributed by atoms with van der Waals surface area (Å²) in [5.41, 5.74) is 0. The van der Waals surface area contributed by atoms with Gasteiger partial charge in [-0.3, -0.25) is 4.79 Å². The second-order valence-electron chi connectivity index (χ2n) is 2.93. The molecule has 2 heterocycles. The van der Waals surface area contributed by atoms with Gasteiger partial charge >= 0.3 is 0 Å². The molecule has 60 valence electrons. The summed E-state index contributed by atoms with van der Waals surface area (Å²) in [6, 6.07) is 0. The molecule has 11 heavy (non-hydrogen) atoms. The van der Waals surface area contributed by atoms with Gasteiger partial charge in [0.25, 0.3) is 0 Å². The van der Waals surface area contributed by atoms with E-state index in [9.17, 15) is 9.59 Å². The molecular weight excluding hydrogens is 162 g/mol. The third-order valence-corrected chi connectivity index (χ3v) is 3.57. The van der Waals surface area contributed by atoms with Crippen LogP contribution in [0.5, 0.6) is 0 Å². The van der Waals surface area contributed by atoms with E-state index in [1.807, 2.05) is 0 Å². The number of amides is 1. The maximum absolute atomic E-state index is 10.9. The molecule has 1 amide bonds. The Hall–Kier alpha value is -0.510. The minimum absolute atomic E-state index is 0.0699. The highest BCUT2D eigenvalue weighted by Crippen LogP contribution is 2.35. The summed E-state index contributed by atoms with van der Waals surface area (Å²) < 4.78 is 0. The van der Waals surface area contributed by atoms with Crippen molar-refractivity contribution < 1.29 is 9.59 Å². The van der Waals surface area contributed by atoms with E-state index < -0.39 is 0 Å². The van der Waals surface area contributed by atoms with Crippen molar-refractivity contribution in [1.82, 2.24) is 4.90 Å². The van der Waals surface area contributed by atoms with Gasteiger partial charge in [0.05, 0.1) is 11.8 Å². The van der Waals surface area contributed by atoms with Crippen molar-refractivity contribution in [2.24, 2.45) is 5.92 Å². The number of hydrogen-bond donors (Lipinski definition) is 0. The van der Waals surface area contributed by atoms with Gasteiger partial charge in [-0.05, 0) is 0 Å². The van der Waals surface area contributed by atoms with Gasteiger partial charge in [-0.2, -0.15) is 0 Å². The Morgan fingerprint density at radius 2 is 2.45 bits per heavy atom. The highest BCUT2D eigenvalue weighted by molar-refractivity contribution is 8.00. The second-order valence-corrected chi connectivity index (χ2v) is 4.15. The maximum Gasteiger partial charge on any atom is 0.226 e. The Labute approximate surface area is 69.1 Å². The van der Waals surface area contributed by atoms with E-state index >= 15 is 0 Å². The summed E-state index contributed by atoms with van der Waals surface area (Å²) in [6.45, 7) is 0.653. The fourth-order valence-electron chi connectivity index (χ4n) is 1.42. The SMILES string of the molecule is O=CC1CS[C@@H]2CC(=O)N2C1. The van der Waals surface area contributed by atoms with Gasteiger partial charge in [-0.25, -0.2) is 0 Å². The van der Waals surface area contributed by atoms with Gasteiger partial charge in [-0.1, -0.05) is 0 Å². The van der Waals surface area contributed by atoms with E-state index in [1.54, 1.807) is 16.7 Å². The molecule has 2 atom stereocenters. The van der Waals surface area contributed by atoms with E-state index in [0.717, 1.165) is 12.0 Å². The molecule has 0 spiro atoms. The summed E-state index contributed by atoms with van der Waals surface area (Å²) in [7, 11) is 0. The molecule has 1 unspecified atom stereocenters. The lowest BCUT2D eigenvalue weighted by molar-refractivity contribution is -0.143. The van der Waals surface area contributed by atoms with Crippen LogP contribution in [-0.2, 0) is 9.59 Å². The fourth-order valence-corrected chi connectivity index (χ4v) is 2.71. The first-order valence-corrected chi connectivity index (χ1v) is 4.72. The van der Waals surface area contributed by atoms with Crippen LogP contribution >= 0.6 is 11.8 Å². The van der Waals surface area contributed by atoms with Crippen LogP contribution in [0.25, 0.3) is 0 Å². The predicted molar refractivity (Wildman–Crippen MR) is 42.1 cm³/mol. The monoisotopic (exact) mass is 171 g/mol. The molecule has 2 aliphatic rings. The van der Waals surface area contributed by atoms with Crippen molar-refractivity contribution in [3.8, 4) is 0 Å². The number of carbonyl (C=O) groups is 2. The van der Waals surface area contributed by atoms with Crippen molar-refractivity contribution >= 4 is 24.0 Å². The largest absolute Gasteiger partial charge is 0.329 e. The van der Waals surface area contributed by atoms with Crippen LogP contribution in [0.15, 0.2) is 0 Å². The van der Waals surface area contributed by atoms with Crippen molar-refractivity contribution in [2.75, 3.05) is 12.3 Å². The maximum atomic E-state index is 10.9. The van der Waals surface area contributed by atoms with E-state index in [1.165, 1.54) is 0 Å². The van der Waals surface area contributed by atoms with E-state index in [2.05, 4.69) is 0 Å². The topological polar surface area (TPSA) is 37.4 Å². The number of fused-ring (bicyclic) bond motifs is 1. The third kappa shape index (κ3) is 1.05. The van der Waals surface area contributed by atoms with Crippen molar-refractivity contribution in [3.63, 3.8) is 0 Å². The summed E-state index contributed by atoms with van der Waals surface area (Å²) in [4.78, 5) is 23.1. The highest BCUT2D eigenvalue weighted by Gasteiger charge is 2.40. The zero-order valence-corrected chi connectivity index (χ0v) is 6.84. The molecule has 0 bridgehead atoms. The average Bonchev–Trinajstić information content (AvgIpc) is 2.03. The highest BCUT2D eigenvalue weighted by atomic mass is 32.2. The zero-order chi connectivity index (χ0) is 7.84. The van der Waals surface area contributed by atoms with Crippen molar-refractivity contribution in [1.29, 1.82) is 0 Å². The van der Waals surface area contributed by atoms with Gasteiger partial charge in [0, 0.05) is 18.2 Å². The lowest BCUT2D eigenvalue weighted by Gasteiger charge is -2.44. The van der Waals surface area contributed by atoms with E-state index in [4.69, 9.17) is 0 Å². The Morgan fingerprint density at radius 1 is 1.64 bits per heavy atom. The molecule has 0 aromatic heterocycles. The molecule has 0 aromatic rings. The number of aldehydes is 1. The Bertz CT molecular complexity index is 207. The molecule has 0 aromatic carbocycles. The zero-order valence-electron chi connectivity index (χ0n) is 6.03.